The monoisotopic (exact) mass is 990 g/mol. The third-order valence-electron chi connectivity index (χ3n) is 12.5. The van der Waals surface area contributed by atoms with Crippen LogP contribution in [-0.2, 0) is 14.3 Å². The predicted molar refractivity (Wildman–Crippen MR) is 299 cm³/mol. The summed E-state index contributed by atoms with van der Waals surface area (Å²) in [7, 11) is 0. The highest BCUT2D eigenvalue weighted by Gasteiger charge is 2.44. The third-order valence-corrected chi connectivity index (χ3v) is 12.5. The van der Waals surface area contributed by atoms with E-state index in [0.29, 0.717) is 12.8 Å². The Labute approximate surface area is 433 Å². The summed E-state index contributed by atoms with van der Waals surface area (Å²) in [5.41, 5.74) is 0. The summed E-state index contributed by atoms with van der Waals surface area (Å²) < 4.78 is 11.2. The fraction of sp³-hybridized carbons (Fsp3) is 0.661. The third kappa shape index (κ3) is 39.8. The molecule has 1 aliphatic rings. The molecule has 0 saturated carbocycles. The molecule has 1 saturated heterocycles. The van der Waals surface area contributed by atoms with Crippen LogP contribution in [0.2, 0.25) is 0 Å². The zero-order valence-electron chi connectivity index (χ0n) is 44.7. The highest BCUT2D eigenvalue weighted by Crippen LogP contribution is 2.22. The van der Waals surface area contributed by atoms with Gasteiger partial charge in [-0.25, -0.2) is 0 Å². The number of hydrogen-bond donors (Lipinski definition) is 6. The first-order chi connectivity index (χ1) is 34.8. The first-order valence-corrected chi connectivity index (χ1v) is 28.3. The molecule has 1 fully saturated rings. The van der Waals surface area contributed by atoms with E-state index in [2.05, 4.69) is 129 Å². The minimum absolute atomic E-state index is 0.227. The van der Waals surface area contributed by atoms with E-state index in [9.17, 15) is 30.3 Å². The van der Waals surface area contributed by atoms with Crippen LogP contribution in [-0.4, -0.2) is 87.5 Å². The summed E-state index contributed by atoms with van der Waals surface area (Å²) >= 11 is 0. The molecule has 0 spiro atoms. The second kappa shape index (κ2) is 50.1. The highest BCUT2D eigenvalue weighted by molar-refractivity contribution is 5.76. The minimum atomic E-state index is -1.59. The van der Waals surface area contributed by atoms with Crippen LogP contribution >= 0.6 is 0 Å². The Morgan fingerprint density at radius 1 is 0.493 bits per heavy atom. The predicted octanol–water partition coefficient (Wildman–Crippen LogP) is 14.0. The number of amides is 1. The molecule has 0 bridgehead atoms. The molecule has 1 amide bonds. The van der Waals surface area contributed by atoms with Crippen LogP contribution < -0.4 is 5.32 Å². The Morgan fingerprint density at radius 2 is 0.887 bits per heavy atom. The smallest absolute Gasteiger partial charge is 0.220 e. The van der Waals surface area contributed by atoms with E-state index >= 15 is 0 Å². The molecule has 1 heterocycles. The van der Waals surface area contributed by atoms with Crippen molar-refractivity contribution in [3.8, 4) is 0 Å². The fourth-order valence-corrected chi connectivity index (χ4v) is 8.05. The number of unbranched alkanes of at least 4 members (excludes halogenated alkanes) is 18. The van der Waals surface area contributed by atoms with Gasteiger partial charge in [-0.15, -0.1) is 0 Å². The van der Waals surface area contributed by atoms with Crippen molar-refractivity contribution in [1.82, 2.24) is 5.32 Å². The molecule has 9 nitrogen and oxygen atoms in total. The number of hydrogen-bond acceptors (Lipinski definition) is 8. The second-order valence-corrected chi connectivity index (χ2v) is 19.0. The fourth-order valence-electron chi connectivity index (χ4n) is 8.05. The molecule has 9 heteroatoms. The van der Waals surface area contributed by atoms with Gasteiger partial charge in [-0.1, -0.05) is 219 Å². The van der Waals surface area contributed by atoms with Gasteiger partial charge in [0.25, 0.3) is 0 Å². The van der Waals surface area contributed by atoms with Gasteiger partial charge >= 0.3 is 0 Å². The van der Waals surface area contributed by atoms with Gasteiger partial charge in [0.2, 0.25) is 5.91 Å². The van der Waals surface area contributed by atoms with E-state index < -0.39 is 49.5 Å². The number of rotatable bonds is 46. The van der Waals surface area contributed by atoms with Gasteiger partial charge in [-0.05, 0) is 103 Å². The van der Waals surface area contributed by atoms with Crippen LogP contribution in [0.3, 0.4) is 0 Å². The van der Waals surface area contributed by atoms with Crippen LogP contribution in [0.15, 0.2) is 122 Å². The Balaban J connectivity index is 2.34. The van der Waals surface area contributed by atoms with E-state index in [1.54, 1.807) is 6.08 Å². The molecule has 0 aromatic heterocycles. The maximum absolute atomic E-state index is 13.0. The molecule has 0 aromatic rings. The lowest BCUT2D eigenvalue weighted by Crippen LogP contribution is -2.60. The van der Waals surface area contributed by atoms with Crippen molar-refractivity contribution in [3.63, 3.8) is 0 Å². The van der Waals surface area contributed by atoms with Crippen molar-refractivity contribution in [2.45, 2.75) is 249 Å². The maximum atomic E-state index is 13.0. The van der Waals surface area contributed by atoms with Crippen LogP contribution in [0.25, 0.3) is 0 Å². The topological polar surface area (TPSA) is 149 Å². The van der Waals surface area contributed by atoms with Gasteiger partial charge < -0.3 is 40.3 Å². The number of aliphatic hydroxyl groups excluding tert-OH is 5. The molecule has 1 aliphatic heterocycles. The van der Waals surface area contributed by atoms with Gasteiger partial charge in [0.15, 0.2) is 6.29 Å². The van der Waals surface area contributed by atoms with Crippen molar-refractivity contribution in [2.75, 3.05) is 13.2 Å². The summed E-state index contributed by atoms with van der Waals surface area (Å²) in [6.07, 6.45) is 68.3. The van der Waals surface area contributed by atoms with Gasteiger partial charge in [0.1, 0.15) is 24.4 Å². The van der Waals surface area contributed by atoms with Gasteiger partial charge in [0.05, 0.1) is 25.4 Å². The Kier molecular flexibility index (Phi) is 46.3. The summed E-state index contributed by atoms with van der Waals surface area (Å²) in [5, 5.41) is 54.4. The number of aliphatic hydroxyl groups is 5. The van der Waals surface area contributed by atoms with Gasteiger partial charge in [-0.2, -0.15) is 0 Å². The summed E-state index contributed by atoms with van der Waals surface area (Å²) in [5.74, 6) is -0.227. The molecule has 7 atom stereocenters. The first kappa shape index (κ1) is 65.6. The quantitative estimate of drug-likeness (QED) is 0.0261. The summed E-state index contributed by atoms with van der Waals surface area (Å²) in [6, 6.07) is -0.856. The van der Waals surface area contributed by atoms with Crippen LogP contribution in [0, 0.1) is 0 Å². The molecule has 0 aliphatic carbocycles. The lowest BCUT2D eigenvalue weighted by molar-refractivity contribution is -0.302. The average Bonchev–Trinajstić information content (AvgIpc) is 3.37. The zero-order valence-corrected chi connectivity index (χ0v) is 44.7. The van der Waals surface area contributed by atoms with E-state index in [-0.39, 0.29) is 18.9 Å². The summed E-state index contributed by atoms with van der Waals surface area (Å²) in [6.45, 7) is 3.62. The molecule has 7 unspecified atom stereocenters. The van der Waals surface area contributed by atoms with Crippen molar-refractivity contribution in [2.24, 2.45) is 0 Å². The molecule has 404 valence electrons. The molecule has 71 heavy (non-hydrogen) atoms. The van der Waals surface area contributed by atoms with Crippen molar-refractivity contribution < 1.29 is 39.8 Å². The molecular weight excluding hydrogens is 887 g/mol. The molecule has 0 radical (unpaired) electrons. The van der Waals surface area contributed by atoms with Gasteiger partial charge in [0, 0.05) is 6.42 Å². The van der Waals surface area contributed by atoms with Crippen LogP contribution in [0.4, 0.5) is 0 Å². The lowest BCUT2D eigenvalue weighted by atomic mass is 9.99. The average molecular weight is 991 g/mol. The standard InChI is InChI=1S/C62H103NO8/c1-3-5-7-9-11-13-15-17-19-21-23-25-27-28-30-32-34-36-38-40-42-44-46-48-50-52-58(66)63-55(54-70-62-61(69)60(68)59(67)57(53-64)71-62)56(65)51-49-47-45-43-41-39-37-35-33-31-29-26-24-22-20-18-16-14-12-10-8-6-4-2/h5,7,11,13,17,19,23,25,28,30,33-36,40-43,49,51,55-57,59-62,64-65,67-69H,3-4,6,8-10,12,14-16,18,20-22,24,26-27,29,31-32,37-39,44-48,50,52-54H2,1-2H3,(H,63,66)/b7-5-,13-11-,19-17-,25-23-,30-28-,35-33+,36-34-,42-40-,43-41+,51-49+. The van der Waals surface area contributed by atoms with Crippen molar-refractivity contribution >= 4 is 5.91 Å². The zero-order chi connectivity index (χ0) is 51.5. The minimum Gasteiger partial charge on any atom is -0.394 e. The maximum Gasteiger partial charge on any atom is 0.220 e. The van der Waals surface area contributed by atoms with E-state index in [0.717, 1.165) is 89.9 Å². The number of nitrogens with one attached hydrogen (secondary N) is 1. The molecule has 0 aromatic carbocycles. The van der Waals surface area contributed by atoms with Crippen LogP contribution in [0.5, 0.6) is 0 Å². The summed E-state index contributed by atoms with van der Waals surface area (Å²) in [4.78, 5) is 13.0. The second-order valence-electron chi connectivity index (χ2n) is 19.0. The molecule has 6 N–H and O–H groups in total. The van der Waals surface area contributed by atoms with Gasteiger partial charge in [-0.3, -0.25) is 4.79 Å². The number of carbonyl (C=O) groups excluding carboxylic acids is 1. The molecule has 1 rings (SSSR count). The Morgan fingerprint density at radius 3 is 1.35 bits per heavy atom. The normalized spacial score (nSPS) is 20.2. The lowest BCUT2D eigenvalue weighted by Gasteiger charge is -2.40. The number of allylic oxidation sites excluding steroid dienone is 19. The SMILES string of the molecule is CC/C=C\C/C=C\C/C=C\C/C=C\C/C=C\C/C=C\C/C=C\CCCCCC(=O)NC(COC1OC(CO)C(O)C(O)C1O)C(O)/C=C/CC/C=C/CC/C=C/CCCCCCCCCCCCCCC. The van der Waals surface area contributed by atoms with E-state index in [1.807, 2.05) is 6.08 Å². The Bertz CT molecular complexity index is 1520. The van der Waals surface area contributed by atoms with Crippen LogP contribution in [0.1, 0.15) is 206 Å². The highest BCUT2D eigenvalue weighted by atomic mass is 16.7. The largest absolute Gasteiger partial charge is 0.394 e. The number of ether oxygens (including phenoxy) is 2. The first-order valence-electron chi connectivity index (χ1n) is 28.3. The molecular formula is C62H103NO8. The van der Waals surface area contributed by atoms with Crippen molar-refractivity contribution in [3.05, 3.63) is 122 Å². The van der Waals surface area contributed by atoms with E-state index in [1.165, 1.54) is 83.5 Å². The number of carbonyl (C=O) groups is 1. The van der Waals surface area contributed by atoms with E-state index in [4.69, 9.17) is 9.47 Å². The van der Waals surface area contributed by atoms with Crippen molar-refractivity contribution in [1.29, 1.82) is 0 Å². The Hall–Kier alpha value is -3.41.